The highest BCUT2D eigenvalue weighted by atomic mass is 32.2. The monoisotopic (exact) mass is 228 g/mol. The predicted molar refractivity (Wildman–Crippen MR) is 65.5 cm³/mol. The van der Waals surface area contributed by atoms with Crippen molar-refractivity contribution in [2.75, 3.05) is 0 Å². The van der Waals surface area contributed by atoms with Gasteiger partial charge in [-0.2, -0.15) is 0 Å². The first-order valence-electron chi connectivity index (χ1n) is 5.16. The molecule has 3 rings (SSSR count). The summed E-state index contributed by atoms with van der Waals surface area (Å²) in [7, 11) is 0. The number of rotatable bonds is 0. The van der Waals surface area contributed by atoms with Crippen molar-refractivity contribution < 1.29 is 4.76 Å². The van der Waals surface area contributed by atoms with Crippen LogP contribution in [0.3, 0.4) is 0 Å². The molecule has 16 heavy (non-hydrogen) atoms. The average molecular weight is 228 g/mol. The molecule has 0 unspecified atom stereocenters. The molecule has 78 valence electrons. The van der Waals surface area contributed by atoms with Gasteiger partial charge in [0.15, 0.2) is 0 Å². The van der Waals surface area contributed by atoms with Crippen LogP contribution in [0.5, 0.6) is 0 Å². The van der Waals surface area contributed by atoms with E-state index in [1.807, 2.05) is 30.3 Å². The largest absolute Gasteiger partial charge is 0.276 e. The van der Waals surface area contributed by atoms with Gasteiger partial charge in [0.25, 0.3) is 5.69 Å². The molecule has 0 saturated heterocycles. The number of hydrogen-bond acceptors (Lipinski definition) is 2. The van der Waals surface area contributed by atoms with Gasteiger partial charge in [0.2, 0.25) is 6.20 Å². The van der Waals surface area contributed by atoms with Crippen molar-refractivity contribution in [3.05, 3.63) is 64.1 Å². The Hall–Kier alpha value is -1.61. The lowest BCUT2D eigenvalue weighted by molar-refractivity contribution is -0.388. The second kappa shape index (κ2) is 3.76. The van der Waals surface area contributed by atoms with E-state index in [4.69, 9.17) is 0 Å². The summed E-state index contributed by atoms with van der Waals surface area (Å²) in [6, 6.07) is 7.70. The summed E-state index contributed by atoms with van der Waals surface area (Å²) in [4.78, 5) is 14.1. The number of nitrogens with zero attached hydrogens (tertiary/aromatic N) is 1. The number of fused-ring (bicyclic) bond motifs is 2. The zero-order valence-electron chi connectivity index (χ0n) is 8.59. The van der Waals surface area contributed by atoms with Gasteiger partial charge in [-0.3, -0.25) is 0 Å². The molecule has 1 aromatic carbocycles. The highest BCUT2D eigenvalue weighted by Crippen LogP contribution is 2.42. The maximum absolute atomic E-state index is 11.9. The van der Waals surface area contributed by atoms with Crippen LogP contribution >= 0.6 is 11.8 Å². The average Bonchev–Trinajstić information content (AvgIpc) is 2.45. The molecule has 1 aliphatic carbocycles. The van der Waals surface area contributed by atoms with Crippen LogP contribution in [0.2, 0.25) is 0 Å². The molecule has 0 bridgehead atoms. The molecule has 1 aromatic rings. The van der Waals surface area contributed by atoms with Crippen LogP contribution in [0.4, 0.5) is 5.69 Å². The topological polar surface area (TPSA) is 20.1 Å². The Balaban J connectivity index is 2.17. The summed E-state index contributed by atoms with van der Waals surface area (Å²) in [5, 5.41) is 0. The van der Waals surface area contributed by atoms with Crippen LogP contribution in [0.25, 0.3) is 0 Å². The van der Waals surface area contributed by atoms with Crippen molar-refractivity contribution >= 4 is 17.4 Å². The van der Waals surface area contributed by atoms with Crippen LogP contribution in [-0.2, 0) is 0 Å². The summed E-state index contributed by atoms with van der Waals surface area (Å²) in [5.41, 5.74) is 1.83. The lowest BCUT2D eigenvalue weighted by Crippen LogP contribution is -1.93. The van der Waals surface area contributed by atoms with Crippen molar-refractivity contribution in [1.29, 1.82) is 0 Å². The third kappa shape index (κ3) is 1.53. The lowest BCUT2D eigenvalue weighted by Gasteiger charge is -2.07. The van der Waals surface area contributed by atoms with E-state index in [-0.39, 0.29) is 0 Å². The van der Waals surface area contributed by atoms with Gasteiger partial charge in [-0.05, 0) is 18.6 Å². The maximum atomic E-state index is 11.9. The molecule has 1 aliphatic heterocycles. The van der Waals surface area contributed by atoms with E-state index in [0.29, 0.717) is 0 Å². The van der Waals surface area contributed by atoms with Gasteiger partial charge in [0.05, 0.1) is 9.66 Å². The van der Waals surface area contributed by atoms with Gasteiger partial charge in [-0.25, -0.2) is 0 Å². The molecule has 3 heteroatoms. The minimum absolute atomic E-state index is 0.732. The SMILES string of the molecule is O=[N+]1C=C2CC=CC=C2Sc2ccccc21. The van der Waals surface area contributed by atoms with Crippen molar-refractivity contribution in [1.82, 2.24) is 0 Å². The van der Waals surface area contributed by atoms with E-state index in [0.717, 1.165) is 27.3 Å². The normalized spacial score (nSPS) is 18.1. The minimum Gasteiger partial charge on any atom is -0.0825 e. The fourth-order valence-corrected chi connectivity index (χ4v) is 2.89. The number of nitroso groups, excluding NO2 is 1. The molecule has 2 nitrogen and oxygen atoms in total. The Bertz CT molecular complexity index is 555. The standard InChI is InChI=1S/C13H10NOS/c15-14-9-10-5-1-3-7-12(10)16-13-8-4-2-6-11(13)14/h1-4,6-9H,5H2/q+1. The molecular weight excluding hydrogens is 218 g/mol. The Morgan fingerprint density at radius 3 is 3.06 bits per heavy atom. The molecular formula is C13H10NOS+. The minimum atomic E-state index is 0.732. The van der Waals surface area contributed by atoms with Crippen molar-refractivity contribution in [2.45, 2.75) is 11.3 Å². The highest BCUT2D eigenvalue weighted by molar-refractivity contribution is 8.03. The molecule has 0 radical (unpaired) electrons. The van der Waals surface area contributed by atoms with E-state index in [1.165, 1.54) is 4.91 Å². The fraction of sp³-hybridized carbons (Fsp3) is 0.0769. The molecule has 1 heterocycles. The Morgan fingerprint density at radius 1 is 1.25 bits per heavy atom. The van der Waals surface area contributed by atoms with Crippen LogP contribution in [0, 0.1) is 4.91 Å². The van der Waals surface area contributed by atoms with Gasteiger partial charge < -0.3 is 0 Å². The van der Waals surface area contributed by atoms with E-state index in [2.05, 4.69) is 12.2 Å². The third-order valence-electron chi connectivity index (χ3n) is 2.63. The molecule has 0 fully saturated rings. The smallest absolute Gasteiger partial charge is 0.0825 e. The molecule has 0 amide bonds. The Kier molecular flexibility index (Phi) is 2.26. The first kappa shape index (κ1) is 9.60. The molecule has 0 aromatic heterocycles. The van der Waals surface area contributed by atoms with E-state index in [1.54, 1.807) is 18.0 Å². The number of benzene rings is 1. The van der Waals surface area contributed by atoms with E-state index in [9.17, 15) is 4.91 Å². The third-order valence-corrected chi connectivity index (χ3v) is 3.82. The molecule has 0 N–H and O–H groups in total. The zero-order chi connectivity index (χ0) is 11.0. The number of hydrogen-bond donors (Lipinski definition) is 0. The Morgan fingerprint density at radius 2 is 2.12 bits per heavy atom. The first-order chi connectivity index (χ1) is 7.84. The molecule has 2 aliphatic rings. The summed E-state index contributed by atoms with van der Waals surface area (Å²) >= 11 is 1.67. The Labute approximate surface area is 97.9 Å². The highest BCUT2D eigenvalue weighted by Gasteiger charge is 2.25. The van der Waals surface area contributed by atoms with E-state index >= 15 is 0 Å². The summed E-state index contributed by atoms with van der Waals surface area (Å²) in [6.45, 7) is 0. The van der Waals surface area contributed by atoms with Crippen LogP contribution < -0.4 is 0 Å². The number of thioether (sulfide) groups is 1. The summed E-state index contributed by atoms with van der Waals surface area (Å²) < 4.78 is 0.970. The van der Waals surface area contributed by atoms with Crippen molar-refractivity contribution in [3.8, 4) is 0 Å². The van der Waals surface area contributed by atoms with Crippen molar-refractivity contribution in [3.63, 3.8) is 0 Å². The number of allylic oxidation sites excluding steroid dienone is 4. The number of para-hydroxylation sites is 1. The molecule has 0 atom stereocenters. The van der Waals surface area contributed by atoms with Gasteiger partial charge >= 0.3 is 0 Å². The van der Waals surface area contributed by atoms with Gasteiger partial charge in [0, 0.05) is 21.5 Å². The predicted octanol–water partition coefficient (Wildman–Crippen LogP) is 3.93. The van der Waals surface area contributed by atoms with Crippen molar-refractivity contribution in [2.24, 2.45) is 0 Å². The maximum Gasteiger partial charge on any atom is 0.276 e. The quantitative estimate of drug-likeness (QED) is 0.627. The van der Waals surface area contributed by atoms with Gasteiger partial charge in [-0.1, -0.05) is 36.0 Å². The molecule has 0 saturated carbocycles. The second-order valence-electron chi connectivity index (χ2n) is 3.71. The van der Waals surface area contributed by atoms with E-state index < -0.39 is 0 Å². The zero-order valence-corrected chi connectivity index (χ0v) is 9.41. The van der Waals surface area contributed by atoms with Crippen LogP contribution in [0.15, 0.2) is 64.1 Å². The lowest BCUT2D eigenvalue weighted by atomic mass is 10.1. The van der Waals surface area contributed by atoms with Crippen LogP contribution in [-0.4, -0.2) is 4.76 Å². The van der Waals surface area contributed by atoms with Gasteiger partial charge in [-0.15, -0.1) is 0 Å². The fourth-order valence-electron chi connectivity index (χ4n) is 1.83. The van der Waals surface area contributed by atoms with Crippen LogP contribution in [0.1, 0.15) is 6.42 Å². The van der Waals surface area contributed by atoms with Gasteiger partial charge in [0.1, 0.15) is 0 Å². The second-order valence-corrected chi connectivity index (χ2v) is 4.80. The molecule has 0 spiro atoms. The summed E-state index contributed by atoms with van der Waals surface area (Å²) in [6.07, 6.45) is 8.71. The summed E-state index contributed by atoms with van der Waals surface area (Å²) in [5.74, 6) is 0. The first-order valence-corrected chi connectivity index (χ1v) is 5.97.